The van der Waals surface area contributed by atoms with Crippen LogP contribution in [-0.2, 0) is 11.3 Å². The lowest BCUT2D eigenvalue weighted by molar-refractivity contribution is -0.141. The highest BCUT2D eigenvalue weighted by Crippen LogP contribution is 2.32. The van der Waals surface area contributed by atoms with E-state index in [1.165, 1.54) is 13.2 Å². The number of fused-ring (bicyclic) bond motifs is 1. The Kier molecular flexibility index (Phi) is 5.91. The van der Waals surface area contributed by atoms with E-state index in [0.717, 1.165) is 25.9 Å². The molecule has 1 N–H and O–H groups in total. The highest BCUT2D eigenvalue weighted by atomic mass is 19.1. The van der Waals surface area contributed by atoms with Crippen molar-refractivity contribution in [2.75, 3.05) is 33.4 Å². The van der Waals surface area contributed by atoms with Gasteiger partial charge in [-0.25, -0.2) is 4.39 Å². The molecule has 138 valence electrons. The zero-order valence-electron chi connectivity index (χ0n) is 14.8. The van der Waals surface area contributed by atoms with Gasteiger partial charge in [0.1, 0.15) is 11.6 Å². The normalized spacial score (nSPS) is 24.3. The van der Waals surface area contributed by atoms with Crippen molar-refractivity contribution in [3.8, 4) is 5.75 Å². The molecule has 1 aromatic rings. The molecule has 25 heavy (non-hydrogen) atoms. The van der Waals surface area contributed by atoms with E-state index in [4.69, 9.17) is 9.84 Å². The summed E-state index contributed by atoms with van der Waals surface area (Å²) in [5.41, 5.74) is 0.684. The number of aliphatic hydroxyl groups excluding tert-OH is 1. The summed E-state index contributed by atoms with van der Waals surface area (Å²) in [7, 11) is 1.53. The second-order valence-electron chi connectivity index (χ2n) is 7.01. The van der Waals surface area contributed by atoms with Crippen LogP contribution in [0.2, 0.25) is 0 Å². The van der Waals surface area contributed by atoms with Gasteiger partial charge < -0.3 is 14.7 Å². The fourth-order valence-electron chi connectivity index (χ4n) is 4.13. The highest BCUT2D eigenvalue weighted by Gasteiger charge is 2.38. The first-order valence-corrected chi connectivity index (χ1v) is 9.07. The first kappa shape index (κ1) is 18.1. The molecular formula is C19H27FN2O3. The highest BCUT2D eigenvalue weighted by molar-refractivity contribution is 5.77. The number of amides is 1. The Labute approximate surface area is 148 Å². The number of ether oxygens (including phenoxy) is 1. The van der Waals surface area contributed by atoms with Gasteiger partial charge in [-0.3, -0.25) is 9.69 Å². The fraction of sp³-hybridized carbons (Fsp3) is 0.632. The number of nitrogens with zero attached hydrogens (tertiary/aromatic N) is 2. The van der Waals surface area contributed by atoms with Crippen LogP contribution < -0.4 is 4.74 Å². The second-order valence-corrected chi connectivity index (χ2v) is 7.01. The monoisotopic (exact) mass is 350 g/mol. The van der Waals surface area contributed by atoms with E-state index in [0.29, 0.717) is 43.2 Å². The van der Waals surface area contributed by atoms with Gasteiger partial charge in [0.05, 0.1) is 7.11 Å². The summed E-state index contributed by atoms with van der Waals surface area (Å²) in [5, 5.41) is 9.06. The van der Waals surface area contributed by atoms with E-state index in [-0.39, 0.29) is 24.4 Å². The van der Waals surface area contributed by atoms with Crippen LogP contribution in [0.15, 0.2) is 18.2 Å². The van der Waals surface area contributed by atoms with Crippen LogP contribution in [0, 0.1) is 11.7 Å². The average molecular weight is 350 g/mol. The van der Waals surface area contributed by atoms with Gasteiger partial charge in [-0.2, -0.15) is 0 Å². The third kappa shape index (κ3) is 4.12. The van der Waals surface area contributed by atoms with Crippen LogP contribution in [0.4, 0.5) is 4.39 Å². The van der Waals surface area contributed by atoms with Crippen molar-refractivity contribution in [1.29, 1.82) is 0 Å². The van der Waals surface area contributed by atoms with Gasteiger partial charge in [0.2, 0.25) is 5.91 Å². The summed E-state index contributed by atoms with van der Waals surface area (Å²) in [4.78, 5) is 16.5. The fourth-order valence-corrected chi connectivity index (χ4v) is 4.13. The van der Waals surface area contributed by atoms with Crippen molar-refractivity contribution in [2.24, 2.45) is 5.92 Å². The first-order chi connectivity index (χ1) is 12.1. The molecular weight excluding hydrogens is 323 g/mol. The summed E-state index contributed by atoms with van der Waals surface area (Å²) >= 11 is 0. The summed E-state index contributed by atoms with van der Waals surface area (Å²) in [5.74, 6) is 0.950. The minimum Gasteiger partial charge on any atom is -0.497 e. The molecule has 0 bridgehead atoms. The third-order valence-corrected chi connectivity index (χ3v) is 5.44. The molecule has 2 saturated heterocycles. The second kappa shape index (κ2) is 8.15. The first-order valence-electron chi connectivity index (χ1n) is 9.07. The number of hydrogen-bond acceptors (Lipinski definition) is 4. The predicted octanol–water partition coefficient (Wildman–Crippen LogP) is 2.03. The van der Waals surface area contributed by atoms with Crippen molar-refractivity contribution >= 4 is 5.91 Å². The molecule has 3 rings (SSSR count). The van der Waals surface area contributed by atoms with Crippen molar-refractivity contribution in [1.82, 2.24) is 9.80 Å². The van der Waals surface area contributed by atoms with Crippen molar-refractivity contribution in [3.05, 3.63) is 29.6 Å². The van der Waals surface area contributed by atoms with Gasteiger partial charge in [0, 0.05) is 56.9 Å². The summed E-state index contributed by atoms with van der Waals surface area (Å²) in [6.45, 7) is 3.09. The zero-order chi connectivity index (χ0) is 17.8. The van der Waals surface area contributed by atoms with E-state index in [1.54, 1.807) is 12.1 Å². The van der Waals surface area contributed by atoms with Crippen LogP contribution >= 0.6 is 0 Å². The molecule has 1 aromatic carbocycles. The number of piperidine rings is 2. The van der Waals surface area contributed by atoms with E-state index >= 15 is 0 Å². The van der Waals surface area contributed by atoms with E-state index in [9.17, 15) is 9.18 Å². The number of carbonyl (C=O) groups excluding carboxylic acids is 1. The Balaban J connectivity index is 1.62. The van der Waals surface area contributed by atoms with Crippen LogP contribution in [0.5, 0.6) is 5.75 Å². The molecule has 0 aliphatic carbocycles. The Bertz CT molecular complexity index is 610. The molecule has 0 aromatic heterocycles. The molecule has 2 fully saturated rings. The number of carbonyl (C=O) groups is 1. The largest absolute Gasteiger partial charge is 0.497 e. The molecule has 0 unspecified atom stereocenters. The van der Waals surface area contributed by atoms with Gasteiger partial charge in [0.25, 0.3) is 0 Å². The molecule has 6 heteroatoms. The molecule has 5 nitrogen and oxygen atoms in total. The number of aliphatic hydroxyl groups is 1. The van der Waals surface area contributed by atoms with Crippen LogP contribution in [0.25, 0.3) is 0 Å². The molecule has 2 heterocycles. The Hall–Kier alpha value is -1.66. The van der Waals surface area contributed by atoms with Gasteiger partial charge in [-0.1, -0.05) is 6.07 Å². The lowest BCUT2D eigenvalue weighted by Gasteiger charge is -2.47. The van der Waals surface area contributed by atoms with Crippen LogP contribution in [0.3, 0.4) is 0 Å². The Morgan fingerprint density at radius 2 is 2.20 bits per heavy atom. The maximum atomic E-state index is 14.2. The van der Waals surface area contributed by atoms with Crippen molar-refractivity contribution in [2.45, 2.75) is 38.3 Å². The summed E-state index contributed by atoms with van der Waals surface area (Å²) in [6.07, 6.45) is 3.04. The molecule has 1 amide bonds. The molecule has 2 atom stereocenters. The number of benzene rings is 1. The van der Waals surface area contributed by atoms with E-state index in [1.807, 2.05) is 4.90 Å². The number of halogens is 1. The maximum Gasteiger partial charge on any atom is 0.222 e. The average Bonchev–Trinajstić information content (AvgIpc) is 2.62. The number of hydrogen-bond donors (Lipinski definition) is 1. The van der Waals surface area contributed by atoms with Gasteiger partial charge in [-0.15, -0.1) is 0 Å². The zero-order valence-corrected chi connectivity index (χ0v) is 14.8. The number of likely N-dealkylation sites (tertiary alicyclic amines) is 2. The van der Waals surface area contributed by atoms with Gasteiger partial charge in [-0.05, 0) is 31.2 Å². The standard InChI is InChI=1S/C19H27FN2O3/c1-25-16-5-3-14(17(20)11-16)12-21-9-7-18-15(13-21)4-6-19(24)22(18)8-2-10-23/h3,5,11,15,18,23H,2,4,6-10,12-13H2,1H3/t15-,18+/m0/s1. The van der Waals surface area contributed by atoms with Gasteiger partial charge >= 0.3 is 0 Å². The summed E-state index contributed by atoms with van der Waals surface area (Å²) in [6, 6.07) is 5.28. The van der Waals surface area contributed by atoms with E-state index < -0.39 is 0 Å². The third-order valence-electron chi connectivity index (χ3n) is 5.44. The topological polar surface area (TPSA) is 53.0 Å². The van der Waals surface area contributed by atoms with E-state index in [2.05, 4.69) is 4.90 Å². The number of methoxy groups -OCH3 is 1. The minimum absolute atomic E-state index is 0.115. The number of rotatable bonds is 6. The summed E-state index contributed by atoms with van der Waals surface area (Å²) < 4.78 is 19.3. The van der Waals surface area contributed by atoms with Crippen LogP contribution in [0.1, 0.15) is 31.2 Å². The molecule has 0 spiro atoms. The molecule has 2 aliphatic rings. The Morgan fingerprint density at radius 3 is 2.92 bits per heavy atom. The van der Waals surface area contributed by atoms with Crippen LogP contribution in [-0.4, -0.2) is 60.2 Å². The quantitative estimate of drug-likeness (QED) is 0.853. The smallest absolute Gasteiger partial charge is 0.222 e. The molecule has 2 aliphatic heterocycles. The molecule has 0 radical (unpaired) electrons. The van der Waals surface area contributed by atoms with Crippen molar-refractivity contribution in [3.63, 3.8) is 0 Å². The SMILES string of the molecule is COc1ccc(CN2CC[C@@H]3[C@@H](CCC(=O)N3CCCO)C2)c(F)c1. The lowest BCUT2D eigenvalue weighted by atomic mass is 9.83. The lowest BCUT2D eigenvalue weighted by Crippen LogP contribution is -2.56. The van der Waals surface area contributed by atoms with Crippen molar-refractivity contribution < 1.29 is 19.0 Å². The Morgan fingerprint density at radius 1 is 1.36 bits per heavy atom. The minimum atomic E-state index is -0.232. The molecule has 0 saturated carbocycles. The maximum absolute atomic E-state index is 14.2. The van der Waals surface area contributed by atoms with Gasteiger partial charge in [0.15, 0.2) is 0 Å². The predicted molar refractivity (Wildman–Crippen MR) is 92.8 cm³/mol.